The first-order valence-corrected chi connectivity index (χ1v) is 5.62. The van der Waals surface area contributed by atoms with E-state index in [1.807, 2.05) is 30.3 Å². The van der Waals surface area contributed by atoms with Crippen molar-refractivity contribution in [3.8, 4) is 0 Å². The van der Waals surface area contributed by atoms with Crippen molar-refractivity contribution in [2.24, 2.45) is 0 Å². The molecular weight excluding hydrogens is 244 g/mol. The van der Waals surface area contributed by atoms with E-state index < -0.39 is 5.97 Å². The van der Waals surface area contributed by atoms with E-state index in [-0.39, 0.29) is 17.2 Å². The first-order chi connectivity index (χ1) is 9.09. The van der Waals surface area contributed by atoms with Gasteiger partial charge in [0.05, 0.1) is 5.56 Å². The lowest BCUT2D eigenvalue weighted by atomic mass is 10.2. The maximum absolute atomic E-state index is 12.1. The molecule has 1 aromatic heterocycles. The third-order valence-electron chi connectivity index (χ3n) is 2.68. The van der Waals surface area contributed by atoms with Crippen molar-refractivity contribution >= 4 is 17.6 Å². The predicted octanol–water partition coefficient (Wildman–Crippen LogP) is 2.06. The second kappa shape index (κ2) is 5.30. The van der Waals surface area contributed by atoms with Crippen molar-refractivity contribution < 1.29 is 14.7 Å². The van der Waals surface area contributed by atoms with Crippen LogP contribution < -0.4 is 4.90 Å². The number of carboxylic acids is 1. The quantitative estimate of drug-likeness (QED) is 0.912. The molecule has 0 fully saturated rings. The molecule has 96 valence electrons. The van der Waals surface area contributed by atoms with Crippen molar-refractivity contribution in [3.63, 3.8) is 0 Å². The molecule has 0 aliphatic rings. The highest BCUT2D eigenvalue weighted by Crippen LogP contribution is 2.14. The first-order valence-electron chi connectivity index (χ1n) is 5.62. The molecule has 1 heterocycles. The van der Waals surface area contributed by atoms with E-state index in [9.17, 15) is 9.59 Å². The lowest BCUT2D eigenvalue weighted by Gasteiger charge is -2.16. The number of para-hydroxylation sites is 1. The van der Waals surface area contributed by atoms with Crippen molar-refractivity contribution in [1.82, 2.24) is 4.98 Å². The zero-order chi connectivity index (χ0) is 13.8. The number of carbonyl (C=O) groups excluding carboxylic acids is 1. The Balaban J connectivity index is 2.22. The second-order valence-electron chi connectivity index (χ2n) is 3.94. The zero-order valence-electron chi connectivity index (χ0n) is 10.3. The van der Waals surface area contributed by atoms with Gasteiger partial charge in [0.25, 0.3) is 5.91 Å². The fourth-order valence-electron chi connectivity index (χ4n) is 1.59. The van der Waals surface area contributed by atoms with E-state index in [2.05, 4.69) is 4.98 Å². The van der Waals surface area contributed by atoms with E-state index in [1.54, 1.807) is 7.05 Å². The van der Waals surface area contributed by atoms with Gasteiger partial charge in [-0.05, 0) is 24.3 Å². The van der Waals surface area contributed by atoms with Gasteiger partial charge in [-0.2, -0.15) is 0 Å². The smallest absolute Gasteiger partial charge is 0.337 e. The Morgan fingerprint density at radius 3 is 2.32 bits per heavy atom. The molecule has 0 bridgehead atoms. The zero-order valence-corrected chi connectivity index (χ0v) is 10.3. The molecule has 1 N–H and O–H groups in total. The highest BCUT2D eigenvalue weighted by atomic mass is 16.4. The van der Waals surface area contributed by atoms with Gasteiger partial charge in [0.15, 0.2) is 0 Å². The average Bonchev–Trinajstić information content (AvgIpc) is 2.46. The lowest BCUT2D eigenvalue weighted by molar-refractivity contribution is 0.0695. The third kappa shape index (κ3) is 2.77. The number of aromatic carboxylic acids is 1. The molecule has 1 aromatic carbocycles. The fraction of sp³-hybridized carbons (Fsp3) is 0.0714. The molecule has 0 aliphatic carbocycles. The molecule has 5 heteroatoms. The van der Waals surface area contributed by atoms with Crippen LogP contribution in [-0.2, 0) is 0 Å². The Morgan fingerprint density at radius 1 is 1.11 bits per heavy atom. The SMILES string of the molecule is CN(C(=O)c1ccc(C(=O)O)cn1)c1ccccc1. The summed E-state index contributed by atoms with van der Waals surface area (Å²) >= 11 is 0. The average molecular weight is 256 g/mol. The molecule has 2 aromatic rings. The van der Waals surface area contributed by atoms with Crippen molar-refractivity contribution in [2.75, 3.05) is 11.9 Å². The Kier molecular flexibility index (Phi) is 3.56. The van der Waals surface area contributed by atoms with Crippen LogP contribution in [-0.4, -0.2) is 29.0 Å². The Labute approximate surface area is 110 Å². The number of carboxylic acid groups (broad SMARTS) is 1. The van der Waals surface area contributed by atoms with Crippen molar-refractivity contribution in [3.05, 3.63) is 59.9 Å². The summed E-state index contributed by atoms with van der Waals surface area (Å²) in [6, 6.07) is 11.9. The summed E-state index contributed by atoms with van der Waals surface area (Å²) < 4.78 is 0. The second-order valence-corrected chi connectivity index (χ2v) is 3.94. The minimum Gasteiger partial charge on any atom is -0.478 e. The van der Waals surface area contributed by atoms with E-state index in [1.165, 1.54) is 23.2 Å². The van der Waals surface area contributed by atoms with Gasteiger partial charge in [0, 0.05) is 18.9 Å². The summed E-state index contributed by atoms with van der Waals surface area (Å²) in [7, 11) is 1.64. The Bertz CT molecular complexity index is 594. The number of rotatable bonds is 3. The summed E-state index contributed by atoms with van der Waals surface area (Å²) in [5.74, 6) is -1.36. The highest BCUT2D eigenvalue weighted by Gasteiger charge is 2.15. The molecule has 0 spiro atoms. The number of hydrogen-bond donors (Lipinski definition) is 1. The number of hydrogen-bond acceptors (Lipinski definition) is 3. The molecule has 0 unspecified atom stereocenters. The van der Waals surface area contributed by atoms with E-state index >= 15 is 0 Å². The van der Waals surface area contributed by atoms with E-state index in [0.29, 0.717) is 0 Å². The standard InChI is InChI=1S/C14H12N2O3/c1-16(11-5-3-2-4-6-11)13(17)12-8-7-10(9-15-12)14(18)19/h2-9H,1H3,(H,18,19). The van der Waals surface area contributed by atoms with Gasteiger partial charge in [-0.15, -0.1) is 0 Å². The van der Waals surface area contributed by atoms with Gasteiger partial charge < -0.3 is 10.0 Å². The number of aromatic nitrogens is 1. The van der Waals surface area contributed by atoms with Gasteiger partial charge in [0.2, 0.25) is 0 Å². The molecule has 0 aliphatic heterocycles. The minimum atomic E-state index is -1.07. The fourth-order valence-corrected chi connectivity index (χ4v) is 1.59. The maximum atomic E-state index is 12.1. The molecule has 0 saturated carbocycles. The molecule has 0 atom stereocenters. The molecule has 0 saturated heterocycles. The number of benzene rings is 1. The number of pyridine rings is 1. The molecule has 0 radical (unpaired) electrons. The van der Waals surface area contributed by atoms with Crippen LogP contribution in [0.15, 0.2) is 48.7 Å². The van der Waals surface area contributed by atoms with E-state index in [4.69, 9.17) is 5.11 Å². The Hall–Kier alpha value is -2.69. The van der Waals surface area contributed by atoms with Crippen LogP contribution >= 0.6 is 0 Å². The lowest BCUT2D eigenvalue weighted by Crippen LogP contribution is -2.27. The summed E-state index contributed by atoms with van der Waals surface area (Å²) in [6.07, 6.45) is 1.18. The molecule has 2 rings (SSSR count). The van der Waals surface area contributed by atoms with Crippen molar-refractivity contribution in [1.29, 1.82) is 0 Å². The van der Waals surface area contributed by atoms with Gasteiger partial charge in [-0.1, -0.05) is 18.2 Å². The predicted molar refractivity (Wildman–Crippen MR) is 70.4 cm³/mol. The van der Waals surface area contributed by atoms with Crippen LogP contribution in [0.3, 0.4) is 0 Å². The molecular formula is C14H12N2O3. The largest absolute Gasteiger partial charge is 0.478 e. The minimum absolute atomic E-state index is 0.0546. The topological polar surface area (TPSA) is 70.5 Å². The Morgan fingerprint density at radius 2 is 1.79 bits per heavy atom. The first kappa shape index (κ1) is 12.8. The molecule has 19 heavy (non-hydrogen) atoms. The molecule has 5 nitrogen and oxygen atoms in total. The van der Waals surface area contributed by atoms with E-state index in [0.717, 1.165) is 5.69 Å². The summed E-state index contributed by atoms with van der Waals surface area (Å²) in [6.45, 7) is 0. The number of anilines is 1. The van der Waals surface area contributed by atoms with Crippen molar-refractivity contribution in [2.45, 2.75) is 0 Å². The van der Waals surface area contributed by atoms with Crippen LogP contribution in [0.25, 0.3) is 0 Å². The number of carbonyl (C=O) groups is 2. The van der Waals surface area contributed by atoms with Gasteiger partial charge in [0.1, 0.15) is 5.69 Å². The van der Waals surface area contributed by atoms with Gasteiger partial charge in [-0.3, -0.25) is 9.78 Å². The van der Waals surface area contributed by atoms with Gasteiger partial charge >= 0.3 is 5.97 Å². The van der Waals surface area contributed by atoms with Crippen LogP contribution in [0.2, 0.25) is 0 Å². The normalized spacial score (nSPS) is 9.95. The maximum Gasteiger partial charge on any atom is 0.337 e. The number of nitrogens with zero attached hydrogens (tertiary/aromatic N) is 2. The number of amides is 1. The molecule has 1 amide bonds. The van der Waals surface area contributed by atoms with Gasteiger partial charge in [-0.25, -0.2) is 4.79 Å². The highest BCUT2D eigenvalue weighted by molar-refractivity contribution is 6.04. The summed E-state index contributed by atoms with van der Waals surface area (Å²) in [4.78, 5) is 28.2. The van der Waals surface area contributed by atoms with Crippen LogP contribution in [0, 0.1) is 0 Å². The summed E-state index contributed by atoms with van der Waals surface area (Å²) in [5, 5.41) is 8.77. The van der Waals surface area contributed by atoms with Crippen LogP contribution in [0.1, 0.15) is 20.8 Å². The third-order valence-corrected chi connectivity index (χ3v) is 2.68. The monoisotopic (exact) mass is 256 g/mol. The van der Waals surface area contributed by atoms with Crippen LogP contribution in [0.5, 0.6) is 0 Å². The summed E-state index contributed by atoms with van der Waals surface area (Å²) in [5.41, 5.74) is 1.01. The van der Waals surface area contributed by atoms with Crippen LogP contribution in [0.4, 0.5) is 5.69 Å².